The molecule has 4 rings (SSSR count). The topological polar surface area (TPSA) is 153 Å². The van der Waals surface area contributed by atoms with Crippen LogP contribution in [-0.4, -0.2) is 65.7 Å². The van der Waals surface area contributed by atoms with Gasteiger partial charge in [-0.05, 0) is 55.7 Å². The number of benzene rings is 2. The van der Waals surface area contributed by atoms with E-state index >= 15 is 0 Å². The number of halogens is 4. The van der Waals surface area contributed by atoms with Gasteiger partial charge in [-0.3, -0.25) is 9.59 Å². The second-order valence-corrected chi connectivity index (χ2v) is 12.9. The van der Waals surface area contributed by atoms with Crippen molar-refractivity contribution in [2.75, 3.05) is 18.5 Å². The Labute approximate surface area is 233 Å². The van der Waals surface area contributed by atoms with Crippen LogP contribution < -0.4 is 10.6 Å². The lowest BCUT2D eigenvalue weighted by atomic mass is 9.72. The summed E-state index contributed by atoms with van der Waals surface area (Å²) in [7, 11) is -4.12. The van der Waals surface area contributed by atoms with Crippen molar-refractivity contribution in [3.8, 4) is 0 Å². The molecule has 2 bridgehead atoms. The lowest BCUT2D eigenvalue weighted by Gasteiger charge is -2.42. The Balaban J connectivity index is 1.51. The van der Waals surface area contributed by atoms with Crippen LogP contribution in [0.25, 0.3) is 0 Å². The fraction of sp³-hybridized carbons (Fsp3) is 0.462. The van der Waals surface area contributed by atoms with Crippen molar-refractivity contribution in [1.29, 1.82) is 0 Å². The van der Waals surface area contributed by atoms with E-state index in [9.17, 15) is 41.4 Å². The summed E-state index contributed by atoms with van der Waals surface area (Å²) in [6.07, 6.45) is -0.335. The van der Waals surface area contributed by atoms with Crippen LogP contribution in [0.3, 0.4) is 0 Å². The van der Waals surface area contributed by atoms with E-state index in [2.05, 4.69) is 10.6 Å². The summed E-state index contributed by atoms with van der Waals surface area (Å²) in [6, 6.07) is 4.64. The SMILES string of the molecule is O=C(CC1(O)C2CC[C@H]1CC(S(=O)(=O)c1cc(C(=O)Nc3cc(F)c(F)c(F)c3)ccc1Cl)C2)NCC(O)CO. The number of fused-ring (bicyclic) bond motifs is 2. The van der Waals surface area contributed by atoms with Gasteiger partial charge in [-0.2, -0.15) is 0 Å². The number of aliphatic hydroxyl groups is 3. The zero-order chi connectivity index (χ0) is 29.4. The number of sulfone groups is 1. The minimum Gasteiger partial charge on any atom is -0.394 e. The summed E-state index contributed by atoms with van der Waals surface area (Å²) in [5, 5.41) is 33.2. The Bertz CT molecular complexity index is 1390. The normalized spacial score (nSPS) is 24.9. The molecule has 0 spiro atoms. The van der Waals surface area contributed by atoms with Gasteiger partial charge in [0, 0.05) is 29.9 Å². The number of nitrogens with one attached hydrogen (secondary N) is 2. The molecule has 2 aromatic rings. The number of carbonyl (C=O) groups excluding carboxylic acids is 2. The summed E-state index contributed by atoms with van der Waals surface area (Å²) in [5.74, 6) is -7.18. The molecule has 0 aliphatic heterocycles. The van der Waals surface area contributed by atoms with E-state index < -0.39 is 74.5 Å². The van der Waals surface area contributed by atoms with Gasteiger partial charge in [-0.25, -0.2) is 21.6 Å². The van der Waals surface area contributed by atoms with Gasteiger partial charge >= 0.3 is 0 Å². The van der Waals surface area contributed by atoms with Crippen molar-refractivity contribution < 1.29 is 46.5 Å². The molecule has 0 aromatic heterocycles. The molecule has 2 aromatic carbocycles. The van der Waals surface area contributed by atoms with Gasteiger partial charge in [0.25, 0.3) is 5.91 Å². The van der Waals surface area contributed by atoms with Crippen LogP contribution in [0.15, 0.2) is 35.2 Å². The maximum absolute atomic E-state index is 13.7. The first-order valence-electron chi connectivity index (χ1n) is 12.5. The van der Waals surface area contributed by atoms with E-state index in [1.165, 1.54) is 12.1 Å². The average Bonchev–Trinajstić information content (AvgIpc) is 3.06. The largest absolute Gasteiger partial charge is 0.394 e. The van der Waals surface area contributed by atoms with E-state index in [1.807, 2.05) is 0 Å². The number of rotatable bonds is 9. The molecule has 14 heteroatoms. The lowest BCUT2D eigenvalue weighted by Crippen LogP contribution is -2.51. The van der Waals surface area contributed by atoms with E-state index in [0.29, 0.717) is 25.0 Å². The predicted octanol–water partition coefficient (Wildman–Crippen LogP) is 2.56. The van der Waals surface area contributed by atoms with Crippen molar-refractivity contribution in [1.82, 2.24) is 5.32 Å². The minimum atomic E-state index is -4.12. The fourth-order valence-corrected chi connectivity index (χ4v) is 8.04. The molecule has 40 heavy (non-hydrogen) atoms. The van der Waals surface area contributed by atoms with E-state index in [1.54, 1.807) is 0 Å². The van der Waals surface area contributed by atoms with Crippen molar-refractivity contribution in [3.05, 3.63) is 58.4 Å². The highest BCUT2D eigenvalue weighted by Gasteiger charge is 2.56. The molecule has 4 unspecified atom stereocenters. The standard InChI is InChI=1S/C26H28ClF3N2O7S/c27-19-4-1-13(25(36)32-16-8-20(28)24(30)21(29)9-16)5-22(19)40(38,39)18-6-14-2-3-15(7-18)26(14,37)10-23(35)31-11-17(34)12-33/h1,4-5,8-9,14-15,17-18,33-34,37H,2-3,6-7,10-12H2,(H,31,35)(H,32,36)/t14-,15?,17?,18?,26?/m0/s1. The van der Waals surface area contributed by atoms with Crippen molar-refractivity contribution in [3.63, 3.8) is 0 Å². The molecule has 5 N–H and O–H groups in total. The third-order valence-corrected chi connectivity index (χ3v) is 10.4. The van der Waals surface area contributed by atoms with Crippen molar-refractivity contribution >= 4 is 38.9 Å². The minimum absolute atomic E-state index is 0.0444. The summed E-state index contributed by atoms with van der Waals surface area (Å²) in [4.78, 5) is 24.8. The summed E-state index contributed by atoms with van der Waals surface area (Å²) in [5.41, 5.74) is -1.99. The van der Waals surface area contributed by atoms with E-state index in [0.717, 1.165) is 6.07 Å². The second-order valence-electron chi connectivity index (χ2n) is 10.3. The molecular weight excluding hydrogens is 577 g/mol. The zero-order valence-electron chi connectivity index (χ0n) is 21.0. The lowest BCUT2D eigenvalue weighted by molar-refractivity contribution is -0.133. The molecule has 2 amide bonds. The van der Waals surface area contributed by atoms with E-state index in [-0.39, 0.29) is 47.0 Å². The molecule has 0 saturated heterocycles. The number of hydrogen-bond donors (Lipinski definition) is 5. The number of carbonyl (C=O) groups is 2. The van der Waals surface area contributed by atoms with Crippen LogP contribution in [0.1, 0.15) is 42.5 Å². The molecule has 0 radical (unpaired) electrons. The molecule has 5 atom stereocenters. The molecule has 2 aliphatic carbocycles. The van der Waals surface area contributed by atoms with Crippen LogP contribution in [0.5, 0.6) is 0 Å². The van der Waals surface area contributed by atoms with Gasteiger partial charge in [0.05, 0.1) is 39.9 Å². The molecule has 2 aliphatic rings. The van der Waals surface area contributed by atoms with Gasteiger partial charge in [-0.15, -0.1) is 0 Å². The number of hydrogen-bond acceptors (Lipinski definition) is 7. The third-order valence-electron chi connectivity index (χ3n) is 7.74. The Morgan fingerprint density at radius 3 is 2.25 bits per heavy atom. The average molecular weight is 605 g/mol. The predicted molar refractivity (Wildman–Crippen MR) is 138 cm³/mol. The zero-order valence-corrected chi connectivity index (χ0v) is 22.6. The first-order chi connectivity index (χ1) is 18.8. The van der Waals surface area contributed by atoms with Crippen LogP contribution in [0, 0.1) is 29.3 Å². The molecular formula is C26H28ClF3N2O7S. The van der Waals surface area contributed by atoms with Crippen LogP contribution in [0.2, 0.25) is 5.02 Å². The van der Waals surface area contributed by atoms with Gasteiger partial charge in [0.15, 0.2) is 27.3 Å². The van der Waals surface area contributed by atoms with Crippen molar-refractivity contribution in [2.45, 2.75) is 54.0 Å². The molecule has 0 heterocycles. The highest BCUT2D eigenvalue weighted by molar-refractivity contribution is 7.92. The van der Waals surface area contributed by atoms with E-state index in [4.69, 9.17) is 16.7 Å². The summed E-state index contributed by atoms with van der Waals surface area (Å²) >= 11 is 6.22. The molecule has 9 nitrogen and oxygen atoms in total. The Hall–Kier alpha value is -2.71. The Morgan fingerprint density at radius 2 is 1.68 bits per heavy atom. The number of amides is 2. The molecule has 2 saturated carbocycles. The molecule has 218 valence electrons. The summed E-state index contributed by atoms with van der Waals surface area (Å²) < 4.78 is 67.6. The van der Waals surface area contributed by atoms with Gasteiger partial charge in [0.2, 0.25) is 5.91 Å². The quantitative estimate of drug-likeness (QED) is 0.276. The number of anilines is 1. The fourth-order valence-electron chi connectivity index (χ4n) is 5.64. The monoisotopic (exact) mass is 604 g/mol. The highest BCUT2D eigenvalue weighted by atomic mass is 35.5. The van der Waals surface area contributed by atoms with Crippen LogP contribution >= 0.6 is 11.6 Å². The highest BCUT2D eigenvalue weighted by Crippen LogP contribution is 2.53. The maximum Gasteiger partial charge on any atom is 0.255 e. The first kappa shape index (κ1) is 30.3. The molecule has 2 fully saturated rings. The van der Waals surface area contributed by atoms with Gasteiger partial charge < -0.3 is 26.0 Å². The van der Waals surface area contributed by atoms with Gasteiger partial charge in [-0.1, -0.05) is 11.6 Å². The summed E-state index contributed by atoms with van der Waals surface area (Å²) in [6.45, 7) is -0.727. The Morgan fingerprint density at radius 1 is 1.07 bits per heavy atom. The smallest absolute Gasteiger partial charge is 0.255 e. The second kappa shape index (κ2) is 11.6. The van der Waals surface area contributed by atoms with Gasteiger partial charge in [0.1, 0.15) is 0 Å². The number of aliphatic hydroxyl groups excluding tert-OH is 2. The van der Waals surface area contributed by atoms with Crippen LogP contribution in [0.4, 0.5) is 18.9 Å². The third kappa shape index (κ3) is 5.98. The first-order valence-corrected chi connectivity index (χ1v) is 14.5. The van der Waals surface area contributed by atoms with Crippen molar-refractivity contribution in [2.24, 2.45) is 11.8 Å². The Kier molecular flexibility index (Phi) is 8.81. The maximum atomic E-state index is 13.7. The van der Waals surface area contributed by atoms with Crippen LogP contribution in [-0.2, 0) is 14.6 Å².